The largest absolute Gasteiger partial charge is 0.507 e. The number of hydrogen-bond donors (Lipinski definition) is 2. The van der Waals surface area contributed by atoms with Crippen LogP contribution in [0.2, 0.25) is 0 Å². The zero-order valence-corrected chi connectivity index (χ0v) is 20.9. The molecule has 0 saturated carbocycles. The van der Waals surface area contributed by atoms with Gasteiger partial charge in [0.15, 0.2) is 0 Å². The minimum Gasteiger partial charge on any atom is -0.507 e. The fourth-order valence-electron chi connectivity index (χ4n) is 4.69. The second kappa shape index (κ2) is 9.31. The third-order valence-corrected chi connectivity index (χ3v) is 7.16. The summed E-state index contributed by atoms with van der Waals surface area (Å²) >= 11 is 0. The molecule has 36 heavy (non-hydrogen) atoms. The van der Waals surface area contributed by atoms with Crippen LogP contribution in [0.15, 0.2) is 82.8 Å². The molecular weight excluding hydrogens is 444 g/mol. The van der Waals surface area contributed by atoms with E-state index in [0.29, 0.717) is 11.1 Å². The number of rotatable bonds is 4. The Hall–Kier alpha value is -4.44. The molecule has 0 saturated heterocycles. The molecule has 0 aliphatic carbocycles. The number of phenols is 2. The topological polar surface area (TPSA) is 65.2 Å². The van der Waals surface area contributed by atoms with Gasteiger partial charge in [-0.1, -0.05) is 60.7 Å². The lowest BCUT2D eigenvalue weighted by molar-refractivity contribution is 0.475. The molecule has 4 heteroatoms. The van der Waals surface area contributed by atoms with Crippen molar-refractivity contribution in [2.45, 2.75) is 27.7 Å². The maximum absolute atomic E-state index is 10.6. The van der Waals surface area contributed by atoms with E-state index >= 15 is 0 Å². The summed E-state index contributed by atoms with van der Waals surface area (Å²) in [5, 5.41) is 25.2. The smallest absolute Gasteiger partial charge is 0.124 e. The first-order valence-corrected chi connectivity index (χ1v) is 12.0. The van der Waals surface area contributed by atoms with Crippen molar-refractivity contribution in [3.05, 3.63) is 106 Å². The summed E-state index contributed by atoms with van der Waals surface area (Å²) < 4.78 is 0. The van der Waals surface area contributed by atoms with Crippen LogP contribution >= 0.6 is 0 Å². The zero-order valence-electron chi connectivity index (χ0n) is 20.9. The normalized spacial score (nSPS) is 11.9. The van der Waals surface area contributed by atoms with Gasteiger partial charge in [-0.3, -0.25) is 9.98 Å². The van der Waals surface area contributed by atoms with Crippen LogP contribution < -0.4 is 0 Å². The van der Waals surface area contributed by atoms with Crippen molar-refractivity contribution < 1.29 is 10.2 Å². The van der Waals surface area contributed by atoms with E-state index in [1.54, 1.807) is 24.6 Å². The lowest BCUT2D eigenvalue weighted by Crippen LogP contribution is -1.95. The molecule has 5 rings (SSSR count). The first kappa shape index (κ1) is 23.3. The fraction of sp³-hybridized carbons (Fsp3) is 0.125. The summed E-state index contributed by atoms with van der Waals surface area (Å²) in [6, 6.07) is 23.1. The Bertz CT molecular complexity index is 1570. The molecule has 0 atom stereocenters. The third kappa shape index (κ3) is 4.01. The molecule has 0 unspecified atom stereocenters. The van der Waals surface area contributed by atoms with Crippen molar-refractivity contribution in [1.29, 1.82) is 0 Å². The van der Waals surface area contributed by atoms with E-state index in [1.807, 2.05) is 74.5 Å². The Morgan fingerprint density at radius 2 is 0.889 bits per heavy atom. The Kier molecular flexibility index (Phi) is 6.03. The Balaban J connectivity index is 1.69. The molecule has 2 N–H and O–H groups in total. The van der Waals surface area contributed by atoms with Crippen LogP contribution in [0.25, 0.3) is 21.5 Å². The first-order valence-electron chi connectivity index (χ1n) is 12.0. The van der Waals surface area contributed by atoms with E-state index in [9.17, 15) is 10.2 Å². The number of aliphatic imine (C=N–C) groups is 2. The standard InChI is InChI=1S/C32H28N2O2/c1-19-20(2)22(4)32(34-18-28-26-12-8-6-10-24(26)14-16-30(28)36)31(21(19)3)33-17-27-25-11-7-5-9-23(25)13-15-29(27)35/h5-18,35-36H,1-4H3. The highest BCUT2D eigenvalue weighted by Gasteiger charge is 2.15. The van der Waals surface area contributed by atoms with Crippen LogP contribution in [-0.2, 0) is 0 Å². The highest BCUT2D eigenvalue weighted by atomic mass is 16.3. The van der Waals surface area contributed by atoms with Gasteiger partial charge >= 0.3 is 0 Å². The third-order valence-electron chi connectivity index (χ3n) is 7.16. The quantitative estimate of drug-likeness (QED) is 0.259. The van der Waals surface area contributed by atoms with Crippen LogP contribution in [0.1, 0.15) is 33.4 Å². The van der Waals surface area contributed by atoms with Gasteiger partial charge in [0.05, 0.1) is 11.4 Å². The van der Waals surface area contributed by atoms with Crippen molar-refractivity contribution in [2.75, 3.05) is 0 Å². The average Bonchev–Trinajstić information content (AvgIpc) is 2.90. The number of fused-ring (bicyclic) bond motifs is 2. The molecular formula is C32H28N2O2. The van der Waals surface area contributed by atoms with Crippen LogP contribution in [0, 0.1) is 27.7 Å². The monoisotopic (exact) mass is 472 g/mol. The summed E-state index contributed by atoms with van der Waals surface area (Å²) in [5.74, 6) is 0.364. The van der Waals surface area contributed by atoms with Gasteiger partial charge in [-0.15, -0.1) is 0 Å². The molecule has 0 aromatic heterocycles. The highest BCUT2D eigenvalue weighted by Crippen LogP contribution is 2.40. The molecule has 0 aliphatic rings. The van der Waals surface area contributed by atoms with E-state index in [0.717, 1.165) is 55.2 Å². The molecule has 5 aromatic rings. The first-order chi connectivity index (χ1) is 17.4. The van der Waals surface area contributed by atoms with Gasteiger partial charge in [0.25, 0.3) is 0 Å². The molecule has 5 aromatic carbocycles. The SMILES string of the molecule is Cc1c(C)c(C)c(N=Cc2c(O)ccc3ccccc23)c(N=Cc2c(O)ccc3ccccc23)c1C. The van der Waals surface area contributed by atoms with Gasteiger partial charge in [0.1, 0.15) is 11.5 Å². The number of hydrogen-bond acceptors (Lipinski definition) is 4. The molecule has 0 fully saturated rings. The minimum absolute atomic E-state index is 0.182. The van der Waals surface area contributed by atoms with Gasteiger partial charge in [0.2, 0.25) is 0 Å². The highest BCUT2D eigenvalue weighted by molar-refractivity contribution is 6.05. The van der Waals surface area contributed by atoms with E-state index in [1.165, 1.54) is 0 Å². The molecule has 0 amide bonds. The predicted octanol–water partition coefficient (Wildman–Crippen LogP) is 8.14. The summed E-state index contributed by atoms with van der Waals surface area (Å²) in [6.45, 7) is 8.28. The van der Waals surface area contributed by atoms with Gasteiger partial charge in [0, 0.05) is 23.6 Å². The second-order valence-electron chi connectivity index (χ2n) is 9.15. The van der Waals surface area contributed by atoms with Crippen LogP contribution in [-0.4, -0.2) is 22.6 Å². The predicted molar refractivity (Wildman–Crippen MR) is 151 cm³/mol. The molecule has 4 nitrogen and oxygen atoms in total. The van der Waals surface area contributed by atoms with Crippen LogP contribution in [0.3, 0.4) is 0 Å². The van der Waals surface area contributed by atoms with E-state index in [-0.39, 0.29) is 11.5 Å². The summed E-state index contributed by atoms with van der Waals surface area (Å²) in [6.07, 6.45) is 3.45. The minimum atomic E-state index is 0.182. The Morgan fingerprint density at radius 3 is 1.31 bits per heavy atom. The van der Waals surface area contributed by atoms with Gasteiger partial charge in [-0.25, -0.2) is 0 Å². The number of aromatic hydroxyl groups is 2. The fourth-order valence-corrected chi connectivity index (χ4v) is 4.69. The van der Waals surface area contributed by atoms with Gasteiger partial charge in [-0.2, -0.15) is 0 Å². The molecule has 0 spiro atoms. The summed E-state index contributed by atoms with van der Waals surface area (Å²) in [7, 11) is 0. The van der Waals surface area contributed by atoms with Crippen molar-refractivity contribution >= 4 is 45.3 Å². The summed E-state index contributed by atoms with van der Waals surface area (Å²) in [5.41, 5.74) is 7.22. The Morgan fingerprint density at radius 1 is 0.500 bits per heavy atom. The van der Waals surface area contributed by atoms with Gasteiger partial charge in [-0.05, 0) is 83.6 Å². The number of phenolic OH excluding ortho intramolecular Hbond substituents is 2. The van der Waals surface area contributed by atoms with E-state index in [2.05, 4.69) is 13.8 Å². The van der Waals surface area contributed by atoms with E-state index in [4.69, 9.17) is 9.98 Å². The van der Waals surface area contributed by atoms with Crippen LogP contribution in [0.5, 0.6) is 11.5 Å². The average molecular weight is 473 g/mol. The second-order valence-corrected chi connectivity index (χ2v) is 9.15. The number of nitrogens with zero attached hydrogens (tertiary/aromatic N) is 2. The Labute approximate surface area is 210 Å². The lowest BCUT2D eigenvalue weighted by Gasteiger charge is -2.16. The molecule has 0 bridgehead atoms. The molecule has 0 heterocycles. The maximum Gasteiger partial charge on any atom is 0.124 e. The van der Waals surface area contributed by atoms with Crippen molar-refractivity contribution in [2.24, 2.45) is 9.98 Å². The number of benzene rings is 5. The zero-order chi connectivity index (χ0) is 25.4. The molecule has 0 aliphatic heterocycles. The molecule has 178 valence electrons. The van der Waals surface area contributed by atoms with E-state index < -0.39 is 0 Å². The van der Waals surface area contributed by atoms with Crippen molar-refractivity contribution in [3.8, 4) is 11.5 Å². The van der Waals surface area contributed by atoms with Crippen LogP contribution in [0.4, 0.5) is 11.4 Å². The maximum atomic E-state index is 10.6. The van der Waals surface area contributed by atoms with Crippen molar-refractivity contribution in [1.82, 2.24) is 0 Å². The summed E-state index contributed by atoms with van der Waals surface area (Å²) in [4.78, 5) is 9.77. The van der Waals surface area contributed by atoms with Crippen molar-refractivity contribution in [3.63, 3.8) is 0 Å². The lowest BCUT2D eigenvalue weighted by atomic mass is 9.95. The molecule has 0 radical (unpaired) electrons. The van der Waals surface area contributed by atoms with Gasteiger partial charge < -0.3 is 10.2 Å².